The van der Waals surface area contributed by atoms with E-state index in [2.05, 4.69) is 26.1 Å². The number of rotatable bonds is 10. The molecule has 0 saturated carbocycles. The van der Waals surface area contributed by atoms with E-state index in [9.17, 15) is 9.59 Å². The highest BCUT2D eigenvalue weighted by Crippen LogP contribution is 2.28. The molecule has 0 unspecified atom stereocenters. The van der Waals surface area contributed by atoms with E-state index >= 15 is 0 Å². The number of nitrogens with zero attached hydrogens (tertiary/aromatic N) is 1. The van der Waals surface area contributed by atoms with Crippen molar-refractivity contribution in [3.8, 4) is 11.5 Å². The Labute approximate surface area is 184 Å². The van der Waals surface area contributed by atoms with Gasteiger partial charge in [-0.25, -0.2) is 0 Å². The van der Waals surface area contributed by atoms with Crippen molar-refractivity contribution in [1.29, 1.82) is 0 Å². The Morgan fingerprint density at radius 1 is 1.03 bits per heavy atom. The van der Waals surface area contributed by atoms with Gasteiger partial charge in [-0.15, -0.1) is 0 Å². The van der Waals surface area contributed by atoms with E-state index in [1.807, 2.05) is 48.5 Å². The van der Waals surface area contributed by atoms with E-state index < -0.39 is 0 Å². The van der Waals surface area contributed by atoms with Crippen LogP contribution in [0.25, 0.3) is 0 Å². The number of hydrogen-bond acceptors (Lipinski definition) is 4. The molecule has 0 aromatic heterocycles. The van der Waals surface area contributed by atoms with Crippen LogP contribution in [0, 0.1) is 11.8 Å². The quantitative estimate of drug-likeness (QED) is 0.590. The van der Waals surface area contributed by atoms with Crippen molar-refractivity contribution in [2.75, 3.05) is 30.0 Å². The standard InChI is InChI=1S/C25H32N2O4/c1-4-14-30-23-11-7-21(8-12-23)27-17-19(16-24(27)28)25(29)26-20-5-9-22(10-6-20)31-15-13-18(2)3/h5-12,18-19H,4,13-17H2,1-3H3,(H,26,29)/t19-/m0/s1. The molecular formula is C25H32N2O4. The SMILES string of the molecule is CCCOc1ccc(N2C[C@@H](C(=O)Nc3ccc(OCCC(C)C)cc3)CC2=O)cc1. The Balaban J connectivity index is 1.53. The predicted octanol–water partition coefficient (Wildman–Crippen LogP) is 4.89. The van der Waals surface area contributed by atoms with Gasteiger partial charge in [0.25, 0.3) is 0 Å². The number of carbonyl (C=O) groups excluding carboxylic acids is 2. The van der Waals surface area contributed by atoms with Gasteiger partial charge in [-0.1, -0.05) is 20.8 Å². The molecule has 1 fully saturated rings. The average Bonchev–Trinajstić information content (AvgIpc) is 3.15. The number of hydrogen-bond donors (Lipinski definition) is 1. The summed E-state index contributed by atoms with van der Waals surface area (Å²) in [5.41, 5.74) is 1.48. The Morgan fingerprint density at radius 2 is 1.65 bits per heavy atom. The third-order valence-corrected chi connectivity index (χ3v) is 5.20. The molecule has 6 heteroatoms. The van der Waals surface area contributed by atoms with Crippen LogP contribution < -0.4 is 19.7 Å². The maximum Gasteiger partial charge on any atom is 0.229 e. The van der Waals surface area contributed by atoms with E-state index in [1.165, 1.54) is 0 Å². The molecule has 166 valence electrons. The van der Waals surface area contributed by atoms with Crippen molar-refractivity contribution in [3.05, 3.63) is 48.5 Å². The van der Waals surface area contributed by atoms with Gasteiger partial charge in [0, 0.05) is 24.3 Å². The second-order valence-corrected chi connectivity index (χ2v) is 8.29. The molecule has 1 saturated heterocycles. The predicted molar refractivity (Wildman–Crippen MR) is 123 cm³/mol. The van der Waals surface area contributed by atoms with Gasteiger partial charge in [-0.2, -0.15) is 0 Å². The van der Waals surface area contributed by atoms with Crippen LogP contribution in [0.5, 0.6) is 11.5 Å². The molecule has 1 aliphatic heterocycles. The fourth-order valence-electron chi connectivity index (χ4n) is 3.37. The van der Waals surface area contributed by atoms with E-state index in [0.29, 0.717) is 31.4 Å². The lowest BCUT2D eigenvalue weighted by molar-refractivity contribution is -0.122. The number of amides is 2. The molecule has 0 spiro atoms. The van der Waals surface area contributed by atoms with Crippen LogP contribution in [0.15, 0.2) is 48.5 Å². The number of nitrogens with one attached hydrogen (secondary N) is 1. The Hall–Kier alpha value is -3.02. The maximum absolute atomic E-state index is 12.7. The summed E-state index contributed by atoms with van der Waals surface area (Å²) < 4.78 is 11.3. The number of ether oxygens (including phenoxy) is 2. The van der Waals surface area contributed by atoms with Crippen molar-refractivity contribution in [1.82, 2.24) is 0 Å². The fourth-order valence-corrected chi connectivity index (χ4v) is 3.37. The van der Waals surface area contributed by atoms with Crippen molar-refractivity contribution in [2.24, 2.45) is 11.8 Å². The number of anilines is 2. The van der Waals surface area contributed by atoms with Gasteiger partial charge < -0.3 is 19.7 Å². The second kappa shape index (κ2) is 10.8. The molecule has 0 aliphatic carbocycles. The zero-order valence-electron chi connectivity index (χ0n) is 18.6. The molecular weight excluding hydrogens is 392 g/mol. The van der Waals surface area contributed by atoms with E-state index in [0.717, 1.165) is 30.0 Å². The summed E-state index contributed by atoms with van der Waals surface area (Å²) in [7, 11) is 0. The van der Waals surface area contributed by atoms with Gasteiger partial charge in [0.05, 0.1) is 19.1 Å². The largest absolute Gasteiger partial charge is 0.494 e. The van der Waals surface area contributed by atoms with Crippen LogP contribution >= 0.6 is 0 Å². The highest BCUT2D eigenvalue weighted by molar-refractivity contribution is 6.03. The summed E-state index contributed by atoms with van der Waals surface area (Å²) in [5.74, 6) is 1.59. The summed E-state index contributed by atoms with van der Waals surface area (Å²) in [6.07, 6.45) is 2.15. The molecule has 2 amide bonds. The van der Waals surface area contributed by atoms with Gasteiger partial charge >= 0.3 is 0 Å². The van der Waals surface area contributed by atoms with Gasteiger partial charge in [0.2, 0.25) is 11.8 Å². The normalized spacial score (nSPS) is 15.9. The summed E-state index contributed by atoms with van der Waals surface area (Å²) in [6, 6.07) is 14.8. The van der Waals surface area contributed by atoms with Crippen LogP contribution in [-0.4, -0.2) is 31.6 Å². The molecule has 0 radical (unpaired) electrons. The molecule has 6 nitrogen and oxygen atoms in total. The smallest absolute Gasteiger partial charge is 0.229 e. The Morgan fingerprint density at radius 3 is 2.26 bits per heavy atom. The minimum Gasteiger partial charge on any atom is -0.494 e. The average molecular weight is 425 g/mol. The minimum absolute atomic E-state index is 0.0451. The Kier molecular flexibility index (Phi) is 7.93. The molecule has 1 heterocycles. The topological polar surface area (TPSA) is 67.9 Å². The number of carbonyl (C=O) groups is 2. The van der Waals surface area contributed by atoms with Crippen LogP contribution in [0.1, 0.15) is 40.0 Å². The lowest BCUT2D eigenvalue weighted by Gasteiger charge is -2.17. The summed E-state index contributed by atoms with van der Waals surface area (Å²) in [6.45, 7) is 8.08. The van der Waals surface area contributed by atoms with Crippen molar-refractivity contribution in [2.45, 2.75) is 40.0 Å². The van der Waals surface area contributed by atoms with E-state index in [1.54, 1.807) is 4.90 Å². The van der Waals surface area contributed by atoms with Crippen molar-refractivity contribution in [3.63, 3.8) is 0 Å². The maximum atomic E-state index is 12.7. The molecule has 31 heavy (non-hydrogen) atoms. The minimum atomic E-state index is -0.384. The first-order valence-electron chi connectivity index (χ1n) is 11.0. The molecule has 1 N–H and O–H groups in total. The van der Waals surface area contributed by atoms with Crippen LogP contribution in [0.4, 0.5) is 11.4 Å². The van der Waals surface area contributed by atoms with Crippen LogP contribution in [0.3, 0.4) is 0 Å². The van der Waals surface area contributed by atoms with Crippen LogP contribution in [-0.2, 0) is 9.59 Å². The molecule has 1 atom stereocenters. The first-order chi connectivity index (χ1) is 15.0. The zero-order valence-corrected chi connectivity index (χ0v) is 18.6. The van der Waals surface area contributed by atoms with Crippen LogP contribution in [0.2, 0.25) is 0 Å². The first kappa shape index (κ1) is 22.7. The third-order valence-electron chi connectivity index (χ3n) is 5.20. The van der Waals surface area contributed by atoms with E-state index in [-0.39, 0.29) is 24.2 Å². The molecule has 3 rings (SSSR count). The number of benzene rings is 2. The third kappa shape index (κ3) is 6.48. The highest BCUT2D eigenvalue weighted by Gasteiger charge is 2.35. The molecule has 2 aromatic rings. The van der Waals surface area contributed by atoms with E-state index in [4.69, 9.17) is 9.47 Å². The highest BCUT2D eigenvalue weighted by atomic mass is 16.5. The fraction of sp³-hybridized carbons (Fsp3) is 0.440. The van der Waals surface area contributed by atoms with Gasteiger partial charge in [0.1, 0.15) is 11.5 Å². The zero-order chi connectivity index (χ0) is 22.2. The first-order valence-corrected chi connectivity index (χ1v) is 11.0. The van der Waals surface area contributed by atoms with Crippen molar-refractivity contribution >= 4 is 23.2 Å². The molecule has 2 aromatic carbocycles. The Bertz CT molecular complexity index is 862. The van der Waals surface area contributed by atoms with Gasteiger partial charge in [-0.3, -0.25) is 9.59 Å². The summed E-state index contributed by atoms with van der Waals surface area (Å²) >= 11 is 0. The molecule has 1 aliphatic rings. The lowest BCUT2D eigenvalue weighted by atomic mass is 10.1. The summed E-state index contributed by atoms with van der Waals surface area (Å²) in [5, 5.41) is 2.92. The van der Waals surface area contributed by atoms with Gasteiger partial charge in [-0.05, 0) is 67.3 Å². The van der Waals surface area contributed by atoms with Crippen molar-refractivity contribution < 1.29 is 19.1 Å². The lowest BCUT2D eigenvalue weighted by Crippen LogP contribution is -2.28. The summed E-state index contributed by atoms with van der Waals surface area (Å²) in [4.78, 5) is 26.9. The second-order valence-electron chi connectivity index (χ2n) is 8.29. The van der Waals surface area contributed by atoms with Gasteiger partial charge in [0.15, 0.2) is 0 Å². The molecule has 0 bridgehead atoms. The monoisotopic (exact) mass is 424 g/mol.